The van der Waals surface area contributed by atoms with E-state index in [1.54, 1.807) is 18.2 Å². The molecule has 0 spiro atoms. The largest absolute Gasteiger partial charge is 0.496 e. The molecule has 0 aromatic heterocycles. The fraction of sp³-hybridized carbons (Fsp3) is 0.300. The number of benzene rings is 2. The molecule has 1 heterocycles. The fourth-order valence-electron chi connectivity index (χ4n) is 3.13. The molecule has 1 aliphatic rings. The SMILES string of the molecule is COc1ccccc1C(=O)Nc1cc(C(=O)N2CC[C@H](O)C2)cc(C(F)(F)F)c1. The van der Waals surface area contributed by atoms with Crippen LogP contribution in [0.3, 0.4) is 0 Å². The Bertz CT molecular complexity index is 930. The van der Waals surface area contributed by atoms with Crippen molar-refractivity contribution in [3.63, 3.8) is 0 Å². The zero-order chi connectivity index (χ0) is 21.2. The van der Waals surface area contributed by atoms with Gasteiger partial charge in [-0.05, 0) is 36.8 Å². The Morgan fingerprint density at radius 3 is 2.55 bits per heavy atom. The molecular weight excluding hydrogens is 389 g/mol. The lowest BCUT2D eigenvalue weighted by Crippen LogP contribution is -2.30. The third-order valence-electron chi connectivity index (χ3n) is 4.57. The number of amides is 2. The van der Waals surface area contributed by atoms with Crippen LogP contribution in [-0.2, 0) is 6.18 Å². The number of carbonyl (C=O) groups excluding carboxylic acids is 2. The first-order valence-electron chi connectivity index (χ1n) is 8.83. The highest BCUT2D eigenvalue weighted by molar-refractivity contribution is 6.07. The Kier molecular flexibility index (Phi) is 5.78. The first kappa shape index (κ1) is 20.7. The van der Waals surface area contributed by atoms with Gasteiger partial charge in [-0.15, -0.1) is 0 Å². The highest BCUT2D eigenvalue weighted by Gasteiger charge is 2.33. The maximum atomic E-state index is 13.3. The molecule has 2 aromatic rings. The number of nitrogens with one attached hydrogen (secondary N) is 1. The highest BCUT2D eigenvalue weighted by Crippen LogP contribution is 2.33. The number of hydrogen-bond acceptors (Lipinski definition) is 4. The Morgan fingerprint density at radius 1 is 1.21 bits per heavy atom. The number of ether oxygens (including phenoxy) is 1. The van der Waals surface area contributed by atoms with Crippen molar-refractivity contribution in [3.8, 4) is 5.75 Å². The molecule has 1 saturated heterocycles. The molecule has 0 radical (unpaired) electrons. The van der Waals surface area contributed by atoms with Gasteiger partial charge in [0.25, 0.3) is 11.8 Å². The van der Waals surface area contributed by atoms with Crippen LogP contribution >= 0.6 is 0 Å². The first-order valence-corrected chi connectivity index (χ1v) is 8.83. The summed E-state index contributed by atoms with van der Waals surface area (Å²) in [6, 6.07) is 8.97. The van der Waals surface area contributed by atoms with Gasteiger partial charge in [0, 0.05) is 24.3 Å². The van der Waals surface area contributed by atoms with Crippen molar-refractivity contribution in [3.05, 3.63) is 59.2 Å². The quantitative estimate of drug-likeness (QED) is 0.815. The second-order valence-corrected chi connectivity index (χ2v) is 6.64. The van der Waals surface area contributed by atoms with Crippen molar-refractivity contribution in [1.82, 2.24) is 4.90 Å². The summed E-state index contributed by atoms with van der Waals surface area (Å²) in [4.78, 5) is 26.4. The van der Waals surface area contributed by atoms with E-state index in [1.807, 2.05) is 0 Å². The molecule has 2 amide bonds. The molecule has 1 atom stereocenters. The summed E-state index contributed by atoms with van der Waals surface area (Å²) >= 11 is 0. The zero-order valence-electron chi connectivity index (χ0n) is 15.5. The van der Waals surface area contributed by atoms with Crippen molar-refractivity contribution in [2.45, 2.75) is 18.7 Å². The third kappa shape index (κ3) is 4.68. The van der Waals surface area contributed by atoms with E-state index in [1.165, 1.54) is 24.1 Å². The summed E-state index contributed by atoms with van der Waals surface area (Å²) in [7, 11) is 1.37. The smallest absolute Gasteiger partial charge is 0.416 e. The maximum Gasteiger partial charge on any atom is 0.416 e. The van der Waals surface area contributed by atoms with Gasteiger partial charge in [0.2, 0.25) is 0 Å². The van der Waals surface area contributed by atoms with E-state index in [0.717, 1.165) is 12.1 Å². The minimum atomic E-state index is -4.70. The van der Waals surface area contributed by atoms with Gasteiger partial charge in [-0.25, -0.2) is 0 Å². The van der Waals surface area contributed by atoms with Crippen LogP contribution in [0, 0.1) is 0 Å². The molecule has 0 aliphatic carbocycles. The molecule has 0 saturated carbocycles. The average Bonchev–Trinajstić information content (AvgIpc) is 3.12. The predicted octanol–water partition coefficient (Wildman–Crippen LogP) is 3.17. The van der Waals surface area contributed by atoms with Gasteiger partial charge in [-0.2, -0.15) is 13.2 Å². The van der Waals surface area contributed by atoms with E-state index in [9.17, 15) is 27.9 Å². The normalized spacial score (nSPS) is 16.6. The number of alkyl halides is 3. The lowest BCUT2D eigenvalue weighted by molar-refractivity contribution is -0.137. The zero-order valence-corrected chi connectivity index (χ0v) is 15.5. The van der Waals surface area contributed by atoms with Crippen LogP contribution in [0.15, 0.2) is 42.5 Å². The summed E-state index contributed by atoms with van der Waals surface area (Å²) in [6.07, 6.45) is -5.04. The summed E-state index contributed by atoms with van der Waals surface area (Å²) < 4.78 is 45.1. The van der Waals surface area contributed by atoms with Gasteiger partial charge in [-0.3, -0.25) is 9.59 Å². The van der Waals surface area contributed by atoms with E-state index >= 15 is 0 Å². The number of aliphatic hydroxyl groups is 1. The van der Waals surface area contributed by atoms with Crippen molar-refractivity contribution in [2.24, 2.45) is 0 Å². The van der Waals surface area contributed by atoms with Crippen molar-refractivity contribution < 1.29 is 32.6 Å². The monoisotopic (exact) mass is 408 g/mol. The number of hydrogen-bond donors (Lipinski definition) is 2. The van der Waals surface area contributed by atoms with Gasteiger partial charge in [0.05, 0.1) is 24.3 Å². The number of rotatable bonds is 4. The Morgan fingerprint density at radius 2 is 1.93 bits per heavy atom. The van der Waals surface area contributed by atoms with Crippen LogP contribution in [0.5, 0.6) is 5.75 Å². The summed E-state index contributed by atoms with van der Waals surface area (Å²) in [5.74, 6) is -1.04. The number of aliphatic hydroxyl groups excluding tert-OH is 1. The number of β-amino-alcohol motifs (C(OH)–C–C–N with tert-alkyl or cyclic N) is 1. The molecule has 0 bridgehead atoms. The Balaban J connectivity index is 1.93. The standard InChI is InChI=1S/C20H19F3N2O4/c1-29-17-5-3-2-4-16(17)18(27)24-14-9-12(8-13(10-14)20(21,22)23)19(28)25-7-6-15(26)11-25/h2-5,8-10,15,26H,6-7,11H2,1H3,(H,24,27)/t15-/m0/s1. The molecule has 9 heteroatoms. The third-order valence-corrected chi connectivity index (χ3v) is 4.57. The highest BCUT2D eigenvalue weighted by atomic mass is 19.4. The molecule has 1 aliphatic heterocycles. The molecule has 2 aromatic carbocycles. The molecule has 0 unspecified atom stereocenters. The van der Waals surface area contributed by atoms with Crippen molar-refractivity contribution in [1.29, 1.82) is 0 Å². The van der Waals surface area contributed by atoms with Crippen LogP contribution in [0.2, 0.25) is 0 Å². The van der Waals surface area contributed by atoms with Crippen LogP contribution in [0.4, 0.5) is 18.9 Å². The lowest BCUT2D eigenvalue weighted by Gasteiger charge is -2.18. The van der Waals surface area contributed by atoms with Gasteiger partial charge < -0.3 is 20.1 Å². The minimum absolute atomic E-state index is 0.0536. The number of anilines is 1. The van der Waals surface area contributed by atoms with E-state index in [2.05, 4.69) is 5.32 Å². The Hall–Kier alpha value is -3.07. The number of para-hydroxylation sites is 1. The molecule has 29 heavy (non-hydrogen) atoms. The minimum Gasteiger partial charge on any atom is -0.496 e. The number of methoxy groups -OCH3 is 1. The maximum absolute atomic E-state index is 13.3. The van der Waals surface area contributed by atoms with E-state index in [0.29, 0.717) is 6.42 Å². The molecule has 6 nitrogen and oxygen atoms in total. The van der Waals surface area contributed by atoms with Crippen molar-refractivity contribution >= 4 is 17.5 Å². The molecule has 154 valence electrons. The number of likely N-dealkylation sites (tertiary alicyclic amines) is 1. The summed E-state index contributed by atoms with van der Waals surface area (Å²) in [6.45, 7) is 0.303. The van der Waals surface area contributed by atoms with Gasteiger partial charge >= 0.3 is 6.18 Å². The number of nitrogens with zero attached hydrogens (tertiary/aromatic N) is 1. The fourth-order valence-corrected chi connectivity index (χ4v) is 3.13. The van der Waals surface area contributed by atoms with Crippen molar-refractivity contribution in [2.75, 3.05) is 25.5 Å². The molecular formula is C20H19F3N2O4. The summed E-state index contributed by atoms with van der Waals surface area (Å²) in [5.41, 5.74) is -1.30. The van der Waals surface area contributed by atoms with E-state index < -0.39 is 29.7 Å². The summed E-state index contributed by atoms with van der Waals surface area (Å²) in [5, 5.41) is 12.0. The lowest BCUT2D eigenvalue weighted by atomic mass is 10.1. The number of carbonyl (C=O) groups is 2. The average molecular weight is 408 g/mol. The second-order valence-electron chi connectivity index (χ2n) is 6.64. The van der Waals surface area contributed by atoms with Gasteiger partial charge in [0.1, 0.15) is 5.75 Å². The predicted molar refractivity (Wildman–Crippen MR) is 98.9 cm³/mol. The van der Waals surface area contributed by atoms with Crippen LogP contribution < -0.4 is 10.1 Å². The van der Waals surface area contributed by atoms with Crippen LogP contribution in [0.25, 0.3) is 0 Å². The second kappa shape index (κ2) is 8.12. The van der Waals surface area contributed by atoms with E-state index in [-0.39, 0.29) is 35.7 Å². The van der Waals surface area contributed by atoms with Crippen LogP contribution in [0.1, 0.15) is 32.7 Å². The van der Waals surface area contributed by atoms with Gasteiger partial charge in [-0.1, -0.05) is 12.1 Å². The van der Waals surface area contributed by atoms with Crippen LogP contribution in [-0.4, -0.2) is 48.1 Å². The topological polar surface area (TPSA) is 78.9 Å². The first-order chi connectivity index (χ1) is 13.7. The Labute approximate surface area is 164 Å². The van der Waals surface area contributed by atoms with E-state index in [4.69, 9.17) is 4.74 Å². The molecule has 2 N–H and O–H groups in total. The molecule has 3 rings (SSSR count). The van der Waals surface area contributed by atoms with Gasteiger partial charge in [0.15, 0.2) is 0 Å². The number of halogens is 3. The molecule has 1 fully saturated rings.